The molecule has 0 saturated carbocycles. The molecule has 0 fully saturated rings. The Morgan fingerprint density at radius 1 is 0.930 bits per heavy atom. The maximum atomic E-state index is 14.9. The number of hydrogen-bond acceptors (Lipinski definition) is 7. The highest BCUT2D eigenvalue weighted by molar-refractivity contribution is 7.92. The van der Waals surface area contributed by atoms with Crippen LogP contribution >= 0.6 is 0 Å². The summed E-state index contributed by atoms with van der Waals surface area (Å²) in [7, 11) is -3.72. The van der Waals surface area contributed by atoms with E-state index in [2.05, 4.69) is 15.1 Å². The molecule has 0 aliphatic heterocycles. The van der Waals surface area contributed by atoms with Gasteiger partial charge in [-0.2, -0.15) is 18.3 Å². The summed E-state index contributed by atoms with van der Waals surface area (Å²) in [5.74, 6) is -3.22. The number of anilines is 1. The zero-order valence-corrected chi connectivity index (χ0v) is 23.2. The van der Waals surface area contributed by atoms with Crippen molar-refractivity contribution in [3.05, 3.63) is 103 Å². The molecule has 0 spiro atoms. The van der Waals surface area contributed by atoms with Crippen LogP contribution in [0.3, 0.4) is 0 Å². The van der Waals surface area contributed by atoms with Gasteiger partial charge in [0.1, 0.15) is 23.8 Å². The summed E-state index contributed by atoms with van der Waals surface area (Å²) in [5.41, 5.74) is 2.50. The monoisotopic (exact) mass is 613 g/mol. The Balaban J connectivity index is 1.44. The van der Waals surface area contributed by atoms with Crippen molar-refractivity contribution < 1.29 is 35.5 Å². The Morgan fingerprint density at radius 2 is 1.63 bits per heavy atom. The van der Waals surface area contributed by atoms with E-state index in [4.69, 9.17) is 9.47 Å². The van der Waals surface area contributed by atoms with E-state index in [1.165, 1.54) is 6.07 Å². The van der Waals surface area contributed by atoms with Crippen LogP contribution in [0.15, 0.2) is 91.3 Å². The summed E-state index contributed by atoms with van der Waals surface area (Å²) in [6.07, 6.45) is -2.18. The first-order valence-corrected chi connectivity index (χ1v) is 14.3. The molecule has 5 rings (SSSR count). The molecule has 0 unspecified atom stereocenters. The van der Waals surface area contributed by atoms with Gasteiger partial charge in [-0.25, -0.2) is 27.5 Å². The van der Waals surface area contributed by atoms with Gasteiger partial charge in [0.25, 0.3) is 0 Å². The number of nitrogens with one attached hydrogen (secondary N) is 1. The third-order valence-electron chi connectivity index (χ3n) is 6.03. The molecule has 43 heavy (non-hydrogen) atoms. The summed E-state index contributed by atoms with van der Waals surface area (Å²) >= 11 is 0. The van der Waals surface area contributed by atoms with E-state index in [1.54, 1.807) is 15.6 Å². The van der Waals surface area contributed by atoms with Gasteiger partial charge in [-0.15, -0.1) is 0 Å². The van der Waals surface area contributed by atoms with Crippen molar-refractivity contribution in [1.82, 2.24) is 19.7 Å². The standard InChI is InChI=1S/C29H23F4N5O4S/c1-41-28-24(37-43(39,40)18-29(31,32)33)14-20(15-34-28)26-23(30)12-13-25(36-26)42-17-21-16-35-38(22-10-6-3-7-11-22)27(21)19-8-4-2-5-9-19/h2-16,37H,17-18H2,1H3. The molecule has 0 bridgehead atoms. The van der Waals surface area contributed by atoms with Gasteiger partial charge in [-0.3, -0.25) is 4.72 Å². The lowest BCUT2D eigenvalue weighted by molar-refractivity contribution is -0.106. The summed E-state index contributed by atoms with van der Waals surface area (Å²) in [4.78, 5) is 8.12. The van der Waals surface area contributed by atoms with Crippen LogP contribution in [-0.4, -0.2) is 47.2 Å². The molecule has 14 heteroatoms. The third-order valence-corrected chi connectivity index (χ3v) is 7.26. The van der Waals surface area contributed by atoms with Crippen molar-refractivity contribution in [2.75, 3.05) is 17.6 Å². The number of sulfonamides is 1. The normalized spacial score (nSPS) is 11.7. The minimum atomic E-state index is -4.98. The Kier molecular flexibility index (Phi) is 8.30. The van der Waals surface area contributed by atoms with E-state index in [0.29, 0.717) is 0 Å². The number of methoxy groups -OCH3 is 1. The van der Waals surface area contributed by atoms with Gasteiger partial charge in [-0.05, 0) is 24.3 Å². The first-order valence-electron chi connectivity index (χ1n) is 12.6. The van der Waals surface area contributed by atoms with E-state index in [0.717, 1.165) is 47.9 Å². The van der Waals surface area contributed by atoms with Crippen molar-refractivity contribution in [2.45, 2.75) is 12.8 Å². The van der Waals surface area contributed by atoms with Crippen molar-refractivity contribution in [1.29, 1.82) is 0 Å². The molecule has 0 amide bonds. The predicted octanol–water partition coefficient (Wildman–Crippen LogP) is 6.03. The summed E-state index contributed by atoms with van der Waals surface area (Å²) in [5, 5.41) is 4.54. The average molecular weight is 614 g/mol. The van der Waals surface area contributed by atoms with Crippen molar-refractivity contribution in [3.8, 4) is 40.0 Å². The van der Waals surface area contributed by atoms with Crippen LogP contribution in [0.5, 0.6) is 11.8 Å². The highest BCUT2D eigenvalue weighted by Gasteiger charge is 2.35. The number of para-hydroxylation sites is 1. The smallest absolute Gasteiger partial charge is 0.404 e. The van der Waals surface area contributed by atoms with Crippen LogP contribution in [0, 0.1) is 5.82 Å². The topological polar surface area (TPSA) is 108 Å². The van der Waals surface area contributed by atoms with Gasteiger partial charge in [0.15, 0.2) is 5.75 Å². The number of rotatable bonds is 10. The average Bonchev–Trinajstić information content (AvgIpc) is 3.40. The minimum Gasteiger partial charge on any atom is -0.480 e. The number of benzene rings is 2. The van der Waals surface area contributed by atoms with Crippen LogP contribution < -0.4 is 14.2 Å². The van der Waals surface area contributed by atoms with Crippen LogP contribution in [0.4, 0.5) is 23.2 Å². The number of aromatic nitrogens is 4. The van der Waals surface area contributed by atoms with E-state index < -0.39 is 33.5 Å². The Bertz CT molecular complexity index is 1830. The fourth-order valence-electron chi connectivity index (χ4n) is 4.25. The minimum absolute atomic E-state index is 0.0124. The summed E-state index contributed by atoms with van der Waals surface area (Å²) in [6.45, 7) is 0.0124. The fourth-order valence-corrected chi connectivity index (χ4v) is 5.24. The van der Waals surface area contributed by atoms with Gasteiger partial charge in [0.2, 0.25) is 21.8 Å². The first-order chi connectivity index (χ1) is 20.5. The number of halogens is 4. The molecule has 0 aliphatic carbocycles. The lowest BCUT2D eigenvalue weighted by Crippen LogP contribution is -2.28. The number of ether oxygens (including phenoxy) is 2. The van der Waals surface area contributed by atoms with Gasteiger partial charge in [0, 0.05) is 29.0 Å². The van der Waals surface area contributed by atoms with Crippen molar-refractivity contribution in [2.24, 2.45) is 0 Å². The van der Waals surface area contributed by atoms with E-state index in [9.17, 15) is 26.0 Å². The molecule has 0 aliphatic rings. The molecular formula is C29H23F4N5O4S. The van der Waals surface area contributed by atoms with Gasteiger partial charge in [-0.1, -0.05) is 48.5 Å². The second-order valence-corrected chi connectivity index (χ2v) is 10.9. The number of hydrogen-bond donors (Lipinski definition) is 1. The fraction of sp³-hybridized carbons (Fsp3) is 0.138. The molecule has 0 atom stereocenters. The largest absolute Gasteiger partial charge is 0.480 e. The summed E-state index contributed by atoms with van der Waals surface area (Å²) < 4.78 is 91.7. The molecule has 3 heterocycles. The number of alkyl halides is 3. The highest BCUT2D eigenvalue weighted by Crippen LogP contribution is 2.32. The second kappa shape index (κ2) is 12.1. The van der Waals surface area contributed by atoms with E-state index >= 15 is 0 Å². The Morgan fingerprint density at radius 3 is 2.30 bits per heavy atom. The molecule has 0 radical (unpaired) electrons. The van der Waals surface area contributed by atoms with Gasteiger partial charge in [0.05, 0.1) is 24.7 Å². The molecule has 222 valence electrons. The van der Waals surface area contributed by atoms with Crippen LogP contribution in [0.1, 0.15) is 5.56 Å². The predicted molar refractivity (Wildman–Crippen MR) is 151 cm³/mol. The number of nitrogens with zero attached hydrogens (tertiary/aromatic N) is 4. The molecular weight excluding hydrogens is 590 g/mol. The zero-order valence-electron chi connectivity index (χ0n) is 22.4. The molecule has 9 nitrogen and oxygen atoms in total. The maximum Gasteiger partial charge on any atom is 0.404 e. The molecule has 0 saturated heterocycles. The van der Waals surface area contributed by atoms with Crippen molar-refractivity contribution >= 4 is 15.7 Å². The van der Waals surface area contributed by atoms with Gasteiger partial charge < -0.3 is 9.47 Å². The third kappa shape index (κ3) is 7.09. The van der Waals surface area contributed by atoms with E-state index in [-0.39, 0.29) is 29.6 Å². The molecule has 3 aromatic heterocycles. The van der Waals surface area contributed by atoms with Crippen LogP contribution in [0.25, 0.3) is 28.2 Å². The lowest BCUT2D eigenvalue weighted by Gasteiger charge is -2.14. The molecule has 1 N–H and O–H groups in total. The maximum absolute atomic E-state index is 14.9. The van der Waals surface area contributed by atoms with Crippen LogP contribution in [0.2, 0.25) is 0 Å². The number of pyridine rings is 2. The highest BCUT2D eigenvalue weighted by atomic mass is 32.2. The Hall–Kier alpha value is -4.98. The zero-order chi connectivity index (χ0) is 30.6. The Labute approximate surface area is 243 Å². The summed E-state index contributed by atoms with van der Waals surface area (Å²) in [6, 6.07) is 22.6. The molecule has 2 aromatic carbocycles. The molecule has 5 aromatic rings. The lowest BCUT2D eigenvalue weighted by atomic mass is 10.1. The van der Waals surface area contributed by atoms with Crippen LogP contribution in [-0.2, 0) is 16.6 Å². The quantitative estimate of drug-likeness (QED) is 0.192. The van der Waals surface area contributed by atoms with Crippen molar-refractivity contribution in [3.63, 3.8) is 0 Å². The first kappa shape index (κ1) is 29.5. The SMILES string of the molecule is COc1ncc(-c2nc(OCc3cnn(-c4ccccc4)c3-c3ccccc3)ccc2F)cc1NS(=O)(=O)CC(F)(F)F. The van der Waals surface area contributed by atoms with Gasteiger partial charge >= 0.3 is 6.18 Å². The van der Waals surface area contributed by atoms with E-state index in [1.807, 2.05) is 60.7 Å². The second-order valence-electron chi connectivity index (χ2n) is 9.16.